The Bertz CT molecular complexity index is 1110. The second kappa shape index (κ2) is 13.6. The Morgan fingerprint density at radius 1 is 0.865 bits per heavy atom. The molecule has 0 fully saturated rings. The fourth-order valence-corrected chi connectivity index (χ4v) is 4.12. The number of carbonyl (C=O) groups excluding carboxylic acids is 2. The minimum atomic E-state index is -0.654. The van der Waals surface area contributed by atoms with Gasteiger partial charge in [-0.05, 0) is 40.7 Å². The van der Waals surface area contributed by atoms with Crippen LogP contribution in [0.1, 0.15) is 57.2 Å². The van der Waals surface area contributed by atoms with Gasteiger partial charge in [0.05, 0.1) is 0 Å². The average Bonchev–Trinajstić information content (AvgIpc) is 2.90. The fourth-order valence-electron chi connectivity index (χ4n) is 4.12. The van der Waals surface area contributed by atoms with E-state index >= 15 is 0 Å². The van der Waals surface area contributed by atoms with Crippen molar-refractivity contribution in [1.29, 1.82) is 0 Å². The fraction of sp³-hybridized carbons (Fsp3) is 0.375. The first-order valence-corrected chi connectivity index (χ1v) is 13.2. The van der Waals surface area contributed by atoms with E-state index in [0.717, 1.165) is 24.0 Å². The lowest BCUT2D eigenvalue weighted by molar-refractivity contribution is -0.142. The third-order valence-corrected chi connectivity index (χ3v) is 6.38. The van der Waals surface area contributed by atoms with E-state index in [-0.39, 0.29) is 23.8 Å². The highest BCUT2D eigenvalue weighted by Crippen LogP contribution is 2.24. The number of nitrogens with zero attached hydrogens (tertiary/aromatic N) is 1. The van der Waals surface area contributed by atoms with Gasteiger partial charge in [0.25, 0.3) is 5.91 Å². The monoisotopic (exact) mass is 500 g/mol. The Morgan fingerprint density at radius 2 is 1.46 bits per heavy atom. The summed E-state index contributed by atoms with van der Waals surface area (Å²) >= 11 is 0. The number of hydrogen-bond donors (Lipinski definition) is 1. The lowest BCUT2D eigenvalue weighted by atomic mass is 9.87. The van der Waals surface area contributed by atoms with E-state index in [0.29, 0.717) is 25.3 Å². The van der Waals surface area contributed by atoms with Crippen molar-refractivity contribution in [1.82, 2.24) is 10.2 Å². The molecule has 0 aliphatic heterocycles. The predicted octanol–water partition coefficient (Wildman–Crippen LogP) is 5.92. The molecular weight excluding hydrogens is 460 g/mol. The van der Waals surface area contributed by atoms with E-state index < -0.39 is 6.04 Å². The second-order valence-corrected chi connectivity index (χ2v) is 10.4. The Kier molecular flexibility index (Phi) is 10.3. The molecule has 0 aromatic heterocycles. The molecule has 1 atom stereocenters. The summed E-state index contributed by atoms with van der Waals surface area (Å²) in [6, 6.07) is 26.8. The van der Waals surface area contributed by atoms with Crippen LogP contribution in [0.3, 0.4) is 0 Å². The largest absolute Gasteiger partial charge is 0.484 e. The Hall–Kier alpha value is -3.60. The van der Waals surface area contributed by atoms with Crippen molar-refractivity contribution >= 4 is 11.8 Å². The normalized spacial score (nSPS) is 12.0. The molecule has 5 nitrogen and oxygen atoms in total. The third-order valence-electron chi connectivity index (χ3n) is 6.38. The molecule has 0 saturated carbocycles. The van der Waals surface area contributed by atoms with Gasteiger partial charge in [-0.15, -0.1) is 0 Å². The maximum atomic E-state index is 13.6. The van der Waals surface area contributed by atoms with Crippen molar-refractivity contribution in [2.24, 2.45) is 0 Å². The quantitative estimate of drug-likeness (QED) is 0.314. The standard InChI is InChI=1S/C32H40N2O3/c1-5-6-21-33-31(36)29(22-25-13-9-7-10-14-25)34(23-26-15-11-8-12-16-26)30(35)24-37-28-19-17-27(18-20-28)32(2,3)4/h7-20,29H,5-6,21-24H2,1-4H3,(H,33,36). The van der Waals surface area contributed by atoms with Gasteiger partial charge in [0.2, 0.25) is 5.91 Å². The summed E-state index contributed by atoms with van der Waals surface area (Å²) in [5, 5.41) is 3.05. The summed E-state index contributed by atoms with van der Waals surface area (Å²) in [4.78, 5) is 28.7. The van der Waals surface area contributed by atoms with Crippen molar-refractivity contribution in [3.05, 3.63) is 102 Å². The molecule has 0 bridgehead atoms. The van der Waals surface area contributed by atoms with Crippen LogP contribution in [0.4, 0.5) is 0 Å². The smallest absolute Gasteiger partial charge is 0.261 e. The molecule has 0 heterocycles. The van der Waals surface area contributed by atoms with Crippen LogP contribution in [-0.2, 0) is 28.0 Å². The SMILES string of the molecule is CCCCNC(=O)C(Cc1ccccc1)N(Cc1ccccc1)C(=O)COc1ccc(C(C)(C)C)cc1. The van der Waals surface area contributed by atoms with Gasteiger partial charge in [-0.1, -0.05) is 107 Å². The summed E-state index contributed by atoms with van der Waals surface area (Å²) in [7, 11) is 0. The molecule has 0 spiro atoms. The lowest BCUT2D eigenvalue weighted by Crippen LogP contribution is -2.51. The molecule has 3 aromatic carbocycles. The topological polar surface area (TPSA) is 58.6 Å². The van der Waals surface area contributed by atoms with Crippen LogP contribution < -0.4 is 10.1 Å². The first kappa shape index (κ1) is 28.0. The van der Waals surface area contributed by atoms with E-state index in [9.17, 15) is 9.59 Å². The number of amides is 2. The minimum absolute atomic E-state index is 0.0383. The molecular formula is C32H40N2O3. The number of unbranched alkanes of at least 4 members (excludes halogenated alkanes) is 1. The zero-order chi connectivity index (χ0) is 26.7. The van der Waals surface area contributed by atoms with Crippen LogP contribution in [0, 0.1) is 0 Å². The Balaban J connectivity index is 1.83. The number of nitrogens with one attached hydrogen (secondary N) is 1. The molecule has 5 heteroatoms. The van der Waals surface area contributed by atoms with Crippen molar-refractivity contribution < 1.29 is 14.3 Å². The third kappa shape index (κ3) is 8.78. The zero-order valence-electron chi connectivity index (χ0n) is 22.6. The molecule has 0 aliphatic rings. The van der Waals surface area contributed by atoms with Crippen molar-refractivity contribution in [3.8, 4) is 5.75 Å². The second-order valence-electron chi connectivity index (χ2n) is 10.4. The molecule has 0 aliphatic carbocycles. The van der Waals surface area contributed by atoms with Gasteiger partial charge in [-0.3, -0.25) is 9.59 Å². The molecule has 196 valence electrons. The highest BCUT2D eigenvalue weighted by molar-refractivity contribution is 5.88. The minimum Gasteiger partial charge on any atom is -0.484 e. The van der Waals surface area contributed by atoms with Crippen molar-refractivity contribution in [3.63, 3.8) is 0 Å². The number of benzene rings is 3. The first-order chi connectivity index (χ1) is 17.8. The summed E-state index contributed by atoms with van der Waals surface area (Å²) in [6.45, 7) is 9.33. The maximum absolute atomic E-state index is 13.6. The van der Waals surface area contributed by atoms with Crippen LogP contribution in [0.15, 0.2) is 84.9 Å². The van der Waals surface area contributed by atoms with Gasteiger partial charge in [-0.25, -0.2) is 0 Å². The highest BCUT2D eigenvalue weighted by Gasteiger charge is 2.30. The molecule has 37 heavy (non-hydrogen) atoms. The number of ether oxygens (including phenoxy) is 1. The van der Waals surface area contributed by atoms with Gasteiger partial charge in [0, 0.05) is 19.5 Å². The predicted molar refractivity (Wildman–Crippen MR) is 149 cm³/mol. The summed E-state index contributed by atoms with van der Waals surface area (Å²) < 4.78 is 5.91. The van der Waals surface area contributed by atoms with E-state index in [1.54, 1.807) is 4.90 Å². The van der Waals surface area contributed by atoms with E-state index in [2.05, 4.69) is 33.0 Å². The average molecular weight is 501 g/mol. The zero-order valence-corrected chi connectivity index (χ0v) is 22.6. The van der Waals surface area contributed by atoms with E-state index in [1.807, 2.05) is 84.9 Å². The molecule has 3 aromatic rings. The van der Waals surface area contributed by atoms with Gasteiger partial charge in [0.15, 0.2) is 6.61 Å². The van der Waals surface area contributed by atoms with Crippen molar-refractivity contribution in [2.45, 2.75) is 65.0 Å². The Morgan fingerprint density at radius 3 is 2.03 bits per heavy atom. The van der Waals surface area contributed by atoms with Gasteiger partial charge in [-0.2, -0.15) is 0 Å². The molecule has 1 N–H and O–H groups in total. The molecule has 1 unspecified atom stereocenters. The Labute approximate surface area is 221 Å². The van der Waals surface area contributed by atoms with Crippen LogP contribution in [0.2, 0.25) is 0 Å². The first-order valence-electron chi connectivity index (χ1n) is 13.2. The highest BCUT2D eigenvalue weighted by atomic mass is 16.5. The molecule has 2 amide bonds. The van der Waals surface area contributed by atoms with E-state index in [1.165, 1.54) is 5.56 Å². The van der Waals surface area contributed by atoms with Gasteiger partial charge in [0.1, 0.15) is 11.8 Å². The van der Waals surface area contributed by atoms with Gasteiger partial charge < -0.3 is 15.0 Å². The summed E-state index contributed by atoms with van der Waals surface area (Å²) in [6.07, 6.45) is 2.31. The van der Waals surface area contributed by atoms with Crippen LogP contribution in [0.5, 0.6) is 5.75 Å². The molecule has 3 rings (SSSR count). The lowest BCUT2D eigenvalue weighted by Gasteiger charge is -2.31. The van der Waals surface area contributed by atoms with Crippen LogP contribution in [0.25, 0.3) is 0 Å². The molecule has 0 radical (unpaired) electrons. The van der Waals surface area contributed by atoms with E-state index in [4.69, 9.17) is 4.74 Å². The van der Waals surface area contributed by atoms with Crippen LogP contribution in [-0.4, -0.2) is 35.9 Å². The summed E-state index contributed by atoms with van der Waals surface area (Å²) in [5.41, 5.74) is 3.20. The van der Waals surface area contributed by atoms with Crippen LogP contribution >= 0.6 is 0 Å². The molecule has 0 saturated heterocycles. The number of carbonyl (C=O) groups is 2. The number of rotatable bonds is 12. The maximum Gasteiger partial charge on any atom is 0.261 e. The number of hydrogen-bond acceptors (Lipinski definition) is 3. The van der Waals surface area contributed by atoms with Gasteiger partial charge >= 0.3 is 0 Å². The van der Waals surface area contributed by atoms with Crippen molar-refractivity contribution in [2.75, 3.05) is 13.2 Å². The summed E-state index contributed by atoms with van der Waals surface area (Å²) in [5.74, 6) is 0.263.